The maximum Gasteiger partial charge on any atom is 0.573 e. The van der Waals surface area contributed by atoms with E-state index in [9.17, 15) is 13.2 Å². The first-order chi connectivity index (χ1) is 6.29. The highest BCUT2D eigenvalue weighted by Gasteiger charge is 2.32. The van der Waals surface area contributed by atoms with Crippen LogP contribution >= 0.6 is 44.5 Å². The molecule has 0 aliphatic rings. The van der Waals surface area contributed by atoms with Gasteiger partial charge in [0.2, 0.25) is 0 Å². The summed E-state index contributed by atoms with van der Waals surface area (Å²) in [6.07, 6.45) is -4.71. The Morgan fingerprint density at radius 1 is 1.21 bits per heavy atom. The van der Waals surface area contributed by atoms with Crippen LogP contribution in [-0.2, 0) is 0 Å². The van der Waals surface area contributed by atoms with Crippen molar-refractivity contribution in [3.8, 4) is 5.75 Å². The Balaban J connectivity index is 3.09. The average Bonchev–Trinajstić information content (AvgIpc) is 1.96. The number of thiol groups is 1. The zero-order valence-electron chi connectivity index (χ0n) is 6.40. The Morgan fingerprint density at radius 3 is 2.29 bits per heavy atom. The van der Waals surface area contributed by atoms with Crippen LogP contribution in [0.4, 0.5) is 13.2 Å². The van der Waals surface area contributed by atoms with Crippen LogP contribution in [-0.4, -0.2) is 6.36 Å². The van der Waals surface area contributed by atoms with Crippen molar-refractivity contribution in [2.24, 2.45) is 0 Å². The third-order valence-corrected chi connectivity index (χ3v) is 3.07. The Labute approximate surface area is 100 Å². The van der Waals surface area contributed by atoms with E-state index in [-0.39, 0.29) is 10.6 Å². The summed E-state index contributed by atoms with van der Waals surface area (Å²) in [5.74, 6) is -0.345. The molecule has 0 unspecified atom stereocenters. The largest absolute Gasteiger partial charge is 0.573 e. The molecule has 1 nitrogen and oxygen atoms in total. The molecule has 0 aliphatic carbocycles. The van der Waals surface area contributed by atoms with Gasteiger partial charge < -0.3 is 4.74 Å². The third-order valence-electron chi connectivity index (χ3n) is 1.22. The zero-order chi connectivity index (χ0) is 10.9. The predicted octanol–water partition coefficient (Wildman–Crippen LogP) is 4.40. The van der Waals surface area contributed by atoms with Gasteiger partial charge in [0.1, 0.15) is 5.75 Å². The van der Waals surface area contributed by atoms with Gasteiger partial charge in [-0.05, 0) is 28.1 Å². The number of alkyl halides is 3. The average molecular weight is 352 g/mol. The van der Waals surface area contributed by atoms with Gasteiger partial charge in [0.25, 0.3) is 0 Å². The van der Waals surface area contributed by atoms with Crippen molar-refractivity contribution in [1.29, 1.82) is 0 Å². The summed E-state index contributed by atoms with van der Waals surface area (Å²) < 4.78 is 40.4. The summed E-state index contributed by atoms with van der Waals surface area (Å²) in [4.78, 5) is 0.102. The zero-order valence-corrected chi connectivity index (χ0v) is 10.5. The van der Waals surface area contributed by atoms with E-state index in [1.165, 1.54) is 6.07 Å². The van der Waals surface area contributed by atoms with Crippen molar-refractivity contribution in [2.45, 2.75) is 11.3 Å². The molecular formula is C7H3Br2F3OS. The van der Waals surface area contributed by atoms with Gasteiger partial charge in [-0.15, -0.1) is 25.8 Å². The highest BCUT2D eigenvalue weighted by Crippen LogP contribution is 2.36. The van der Waals surface area contributed by atoms with Crippen molar-refractivity contribution >= 4 is 44.5 Å². The lowest BCUT2D eigenvalue weighted by Crippen LogP contribution is -2.17. The molecule has 7 heteroatoms. The van der Waals surface area contributed by atoms with Gasteiger partial charge in [0, 0.05) is 8.95 Å². The summed E-state index contributed by atoms with van der Waals surface area (Å²) in [5.41, 5.74) is 0. The summed E-state index contributed by atoms with van der Waals surface area (Å²) in [5, 5.41) is 0. The minimum atomic E-state index is -4.71. The molecule has 1 rings (SSSR count). The number of hydrogen-bond donors (Lipinski definition) is 1. The van der Waals surface area contributed by atoms with E-state index < -0.39 is 6.36 Å². The summed E-state index contributed by atoms with van der Waals surface area (Å²) in [6.45, 7) is 0. The number of benzene rings is 1. The fourth-order valence-corrected chi connectivity index (χ4v) is 2.11. The first-order valence-electron chi connectivity index (χ1n) is 3.23. The summed E-state index contributed by atoms with van der Waals surface area (Å²) in [6, 6.07) is 2.77. The minimum Gasteiger partial charge on any atom is -0.405 e. The minimum absolute atomic E-state index is 0.102. The molecule has 0 N–H and O–H groups in total. The van der Waals surface area contributed by atoms with Gasteiger partial charge in [-0.3, -0.25) is 0 Å². The quantitative estimate of drug-likeness (QED) is 0.738. The van der Waals surface area contributed by atoms with Crippen molar-refractivity contribution in [2.75, 3.05) is 0 Å². The van der Waals surface area contributed by atoms with Crippen molar-refractivity contribution in [3.63, 3.8) is 0 Å². The van der Waals surface area contributed by atoms with E-state index in [1.807, 2.05) is 0 Å². The lowest BCUT2D eigenvalue weighted by molar-refractivity contribution is -0.275. The number of rotatable bonds is 1. The van der Waals surface area contributed by atoms with Crippen LogP contribution in [0.15, 0.2) is 26.0 Å². The van der Waals surface area contributed by atoms with Gasteiger partial charge >= 0.3 is 6.36 Å². The topological polar surface area (TPSA) is 9.23 Å². The van der Waals surface area contributed by atoms with E-state index in [4.69, 9.17) is 0 Å². The standard InChI is InChI=1S/C7H3Br2F3OS/c8-3-1-4(9)6(14)5(2-3)13-7(10,11)12/h1-2,14H. The molecule has 0 radical (unpaired) electrons. The van der Waals surface area contributed by atoms with Crippen molar-refractivity contribution < 1.29 is 17.9 Å². The molecule has 0 bridgehead atoms. The van der Waals surface area contributed by atoms with E-state index >= 15 is 0 Å². The van der Waals surface area contributed by atoms with E-state index in [0.29, 0.717) is 8.95 Å². The van der Waals surface area contributed by atoms with Crippen LogP contribution in [0, 0.1) is 0 Å². The first kappa shape index (κ1) is 12.2. The van der Waals surface area contributed by atoms with E-state index in [2.05, 4.69) is 49.2 Å². The molecule has 0 atom stereocenters. The van der Waals surface area contributed by atoms with Gasteiger partial charge in [0.05, 0.1) is 4.90 Å². The van der Waals surface area contributed by atoms with Crippen molar-refractivity contribution in [1.82, 2.24) is 0 Å². The molecule has 0 saturated heterocycles. The fraction of sp³-hybridized carbons (Fsp3) is 0.143. The second-order valence-corrected chi connectivity index (χ2v) is 4.50. The highest BCUT2D eigenvalue weighted by atomic mass is 79.9. The Kier molecular flexibility index (Phi) is 3.76. The van der Waals surface area contributed by atoms with Gasteiger partial charge in [-0.25, -0.2) is 0 Å². The molecule has 0 saturated carbocycles. The molecule has 1 aromatic rings. The summed E-state index contributed by atoms with van der Waals surface area (Å²) in [7, 11) is 0. The number of hydrogen-bond acceptors (Lipinski definition) is 2. The fourth-order valence-electron chi connectivity index (χ4n) is 0.745. The second kappa shape index (κ2) is 4.32. The van der Waals surface area contributed by atoms with Crippen LogP contribution in [0.5, 0.6) is 5.75 Å². The summed E-state index contributed by atoms with van der Waals surface area (Å²) >= 11 is 9.97. The molecule has 0 aromatic heterocycles. The Morgan fingerprint density at radius 2 is 1.79 bits per heavy atom. The third kappa shape index (κ3) is 3.36. The lowest BCUT2D eigenvalue weighted by atomic mass is 10.3. The molecule has 0 spiro atoms. The number of ether oxygens (including phenoxy) is 1. The van der Waals surface area contributed by atoms with E-state index in [0.717, 1.165) is 0 Å². The molecule has 0 fully saturated rings. The highest BCUT2D eigenvalue weighted by molar-refractivity contribution is 9.11. The van der Waals surface area contributed by atoms with Crippen molar-refractivity contribution in [3.05, 3.63) is 21.1 Å². The Hall–Kier alpha value is 0.120. The molecule has 14 heavy (non-hydrogen) atoms. The molecule has 78 valence electrons. The molecular weight excluding hydrogens is 349 g/mol. The Bertz CT molecular complexity index is 354. The second-order valence-electron chi connectivity index (χ2n) is 2.28. The van der Waals surface area contributed by atoms with Gasteiger partial charge in [0.15, 0.2) is 0 Å². The number of halogens is 5. The predicted molar refractivity (Wildman–Crippen MR) is 55.8 cm³/mol. The monoisotopic (exact) mass is 350 g/mol. The van der Waals surface area contributed by atoms with Crippen LogP contribution in [0.3, 0.4) is 0 Å². The van der Waals surface area contributed by atoms with Crippen LogP contribution in [0.2, 0.25) is 0 Å². The smallest absolute Gasteiger partial charge is 0.405 e. The maximum absolute atomic E-state index is 11.9. The molecule has 0 amide bonds. The molecule has 0 heterocycles. The first-order valence-corrected chi connectivity index (χ1v) is 5.26. The molecule has 1 aromatic carbocycles. The maximum atomic E-state index is 11.9. The normalized spacial score (nSPS) is 11.6. The van der Waals surface area contributed by atoms with Crippen LogP contribution in [0.25, 0.3) is 0 Å². The lowest BCUT2D eigenvalue weighted by Gasteiger charge is -2.12. The molecule has 0 aliphatic heterocycles. The van der Waals surface area contributed by atoms with Crippen LogP contribution in [0.1, 0.15) is 0 Å². The van der Waals surface area contributed by atoms with Crippen LogP contribution < -0.4 is 4.74 Å². The SMILES string of the molecule is FC(F)(F)Oc1cc(Br)cc(Br)c1S. The van der Waals surface area contributed by atoms with E-state index in [1.54, 1.807) is 6.07 Å². The van der Waals surface area contributed by atoms with Gasteiger partial charge in [-0.1, -0.05) is 15.9 Å². The van der Waals surface area contributed by atoms with Gasteiger partial charge in [-0.2, -0.15) is 0 Å².